The number of carboxylic acids is 1. The highest BCUT2D eigenvalue weighted by Crippen LogP contribution is 2.21. The maximum Gasteiger partial charge on any atom is 0.335 e. The first-order valence-corrected chi connectivity index (χ1v) is 6.65. The van der Waals surface area contributed by atoms with E-state index < -0.39 is 5.97 Å². The lowest BCUT2D eigenvalue weighted by atomic mass is 10.1. The standard InChI is InChI=1S/C13H17NO3S/c1-4-14(3)12(15)8-18-10-6-5-9(2)11(7-10)13(16)17/h5-7H,4,8H2,1-3H3,(H,16,17). The van der Waals surface area contributed by atoms with E-state index in [1.807, 2.05) is 13.0 Å². The Bertz CT molecular complexity index is 460. The van der Waals surface area contributed by atoms with E-state index in [1.165, 1.54) is 11.8 Å². The second kappa shape index (κ2) is 6.44. The van der Waals surface area contributed by atoms with Gasteiger partial charge in [0.2, 0.25) is 5.91 Å². The van der Waals surface area contributed by atoms with Crippen molar-refractivity contribution in [3.05, 3.63) is 29.3 Å². The number of hydrogen-bond donors (Lipinski definition) is 1. The van der Waals surface area contributed by atoms with E-state index in [-0.39, 0.29) is 11.5 Å². The van der Waals surface area contributed by atoms with Crippen molar-refractivity contribution >= 4 is 23.6 Å². The van der Waals surface area contributed by atoms with Crippen LogP contribution in [0.3, 0.4) is 0 Å². The summed E-state index contributed by atoms with van der Waals surface area (Å²) in [4.78, 5) is 25.0. The monoisotopic (exact) mass is 267 g/mol. The molecule has 0 aliphatic carbocycles. The number of benzene rings is 1. The molecule has 0 saturated carbocycles. The number of carbonyl (C=O) groups excluding carboxylic acids is 1. The normalized spacial score (nSPS) is 10.2. The minimum atomic E-state index is -0.938. The molecule has 0 aromatic heterocycles. The van der Waals surface area contributed by atoms with Gasteiger partial charge < -0.3 is 10.0 Å². The number of aryl methyl sites for hydroxylation is 1. The van der Waals surface area contributed by atoms with E-state index in [0.29, 0.717) is 12.3 Å². The predicted molar refractivity (Wildman–Crippen MR) is 72.2 cm³/mol. The number of carbonyl (C=O) groups is 2. The molecule has 1 rings (SSSR count). The van der Waals surface area contributed by atoms with Crippen LogP contribution in [0.1, 0.15) is 22.8 Å². The van der Waals surface area contributed by atoms with Crippen molar-refractivity contribution in [2.45, 2.75) is 18.7 Å². The fourth-order valence-corrected chi connectivity index (χ4v) is 2.23. The molecule has 0 saturated heterocycles. The lowest BCUT2D eigenvalue weighted by Crippen LogP contribution is -2.27. The van der Waals surface area contributed by atoms with E-state index in [4.69, 9.17) is 5.11 Å². The molecule has 1 N–H and O–H groups in total. The Kier molecular flexibility index (Phi) is 5.22. The summed E-state index contributed by atoms with van der Waals surface area (Å²) in [6, 6.07) is 5.22. The summed E-state index contributed by atoms with van der Waals surface area (Å²) in [6.45, 7) is 4.35. The zero-order valence-corrected chi connectivity index (χ0v) is 11.6. The van der Waals surface area contributed by atoms with Crippen molar-refractivity contribution in [2.24, 2.45) is 0 Å². The number of amides is 1. The van der Waals surface area contributed by atoms with Crippen molar-refractivity contribution in [3.8, 4) is 0 Å². The van der Waals surface area contributed by atoms with Crippen LogP contribution in [0.25, 0.3) is 0 Å². The summed E-state index contributed by atoms with van der Waals surface area (Å²) < 4.78 is 0. The van der Waals surface area contributed by atoms with Gasteiger partial charge in [-0.3, -0.25) is 4.79 Å². The first-order valence-electron chi connectivity index (χ1n) is 5.66. The summed E-state index contributed by atoms with van der Waals surface area (Å²) in [5.74, 6) is -0.571. The van der Waals surface area contributed by atoms with Gasteiger partial charge in [-0.15, -0.1) is 11.8 Å². The van der Waals surface area contributed by atoms with Gasteiger partial charge in [0.05, 0.1) is 11.3 Å². The highest BCUT2D eigenvalue weighted by atomic mass is 32.2. The molecule has 1 aromatic carbocycles. The Morgan fingerprint density at radius 1 is 1.39 bits per heavy atom. The summed E-state index contributed by atoms with van der Waals surface area (Å²) in [5.41, 5.74) is 1.01. The Hall–Kier alpha value is -1.49. The Morgan fingerprint density at radius 2 is 2.06 bits per heavy atom. The lowest BCUT2D eigenvalue weighted by Gasteiger charge is -2.14. The molecule has 18 heavy (non-hydrogen) atoms. The highest BCUT2D eigenvalue weighted by Gasteiger charge is 2.10. The van der Waals surface area contributed by atoms with Crippen LogP contribution in [-0.2, 0) is 4.79 Å². The van der Waals surface area contributed by atoms with Crippen LogP contribution in [0.5, 0.6) is 0 Å². The zero-order chi connectivity index (χ0) is 13.7. The summed E-state index contributed by atoms with van der Waals surface area (Å²) in [5, 5.41) is 9.01. The van der Waals surface area contributed by atoms with Gasteiger partial charge in [-0.05, 0) is 31.5 Å². The van der Waals surface area contributed by atoms with E-state index in [0.717, 1.165) is 10.5 Å². The Labute approximate surface area is 111 Å². The molecule has 1 aromatic rings. The molecule has 1 amide bonds. The van der Waals surface area contributed by atoms with Crippen LogP contribution >= 0.6 is 11.8 Å². The van der Waals surface area contributed by atoms with Gasteiger partial charge in [0.25, 0.3) is 0 Å². The van der Waals surface area contributed by atoms with Gasteiger partial charge in [-0.1, -0.05) is 6.07 Å². The number of carboxylic acid groups (broad SMARTS) is 1. The van der Waals surface area contributed by atoms with Gasteiger partial charge in [0.1, 0.15) is 0 Å². The van der Waals surface area contributed by atoms with Gasteiger partial charge >= 0.3 is 5.97 Å². The van der Waals surface area contributed by atoms with Crippen molar-refractivity contribution in [2.75, 3.05) is 19.3 Å². The second-order valence-electron chi connectivity index (χ2n) is 3.98. The predicted octanol–water partition coefficient (Wildman–Crippen LogP) is 2.26. The van der Waals surface area contributed by atoms with Gasteiger partial charge in [0, 0.05) is 18.5 Å². The second-order valence-corrected chi connectivity index (χ2v) is 5.03. The van der Waals surface area contributed by atoms with E-state index >= 15 is 0 Å². The van der Waals surface area contributed by atoms with Gasteiger partial charge in [0.15, 0.2) is 0 Å². The Morgan fingerprint density at radius 3 is 2.61 bits per heavy atom. The van der Waals surface area contributed by atoms with Gasteiger partial charge in [-0.2, -0.15) is 0 Å². The summed E-state index contributed by atoms with van der Waals surface area (Å²) in [6.07, 6.45) is 0. The van der Waals surface area contributed by atoms with Crippen molar-refractivity contribution in [3.63, 3.8) is 0 Å². The molecule has 0 heterocycles. The molecule has 0 spiro atoms. The molecule has 0 atom stereocenters. The maximum absolute atomic E-state index is 11.6. The first-order chi connectivity index (χ1) is 8.45. The maximum atomic E-state index is 11.6. The number of rotatable bonds is 5. The molecular formula is C13H17NO3S. The molecule has 98 valence electrons. The number of hydrogen-bond acceptors (Lipinski definition) is 3. The zero-order valence-electron chi connectivity index (χ0n) is 10.8. The molecule has 5 heteroatoms. The van der Waals surface area contributed by atoms with Crippen molar-refractivity contribution in [1.29, 1.82) is 0 Å². The van der Waals surface area contributed by atoms with E-state index in [2.05, 4.69) is 0 Å². The number of aromatic carboxylic acids is 1. The third-order valence-corrected chi connectivity index (χ3v) is 3.68. The third kappa shape index (κ3) is 3.77. The third-order valence-electron chi connectivity index (χ3n) is 2.70. The average Bonchev–Trinajstić information content (AvgIpc) is 2.36. The fourth-order valence-electron chi connectivity index (χ4n) is 1.35. The number of nitrogens with zero attached hydrogens (tertiary/aromatic N) is 1. The van der Waals surface area contributed by atoms with Crippen LogP contribution in [0.15, 0.2) is 23.1 Å². The molecule has 0 radical (unpaired) electrons. The molecule has 0 fully saturated rings. The topological polar surface area (TPSA) is 57.6 Å². The Balaban J connectivity index is 2.72. The van der Waals surface area contributed by atoms with Gasteiger partial charge in [-0.25, -0.2) is 4.79 Å². The van der Waals surface area contributed by atoms with Crippen LogP contribution in [0, 0.1) is 6.92 Å². The SMILES string of the molecule is CCN(C)C(=O)CSc1ccc(C)c(C(=O)O)c1. The minimum Gasteiger partial charge on any atom is -0.478 e. The highest BCUT2D eigenvalue weighted by molar-refractivity contribution is 8.00. The van der Waals surface area contributed by atoms with Crippen LogP contribution in [0.4, 0.5) is 0 Å². The molecule has 0 aliphatic rings. The summed E-state index contributed by atoms with van der Waals surface area (Å²) in [7, 11) is 1.75. The van der Waals surface area contributed by atoms with E-state index in [1.54, 1.807) is 31.0 Å². The smallest absolute Gasteiger partial charge is 0.335 e. The minimum absolute atomic E-state index is 0.0416. The molecular weight excluding hydrogens is 250 g/mol. The average molecular weight is 267 g/mol. The fraction of sp³-hybridized carbons (Fsp3) is 0.385. The molecule has 0 aliphatic heterocycles. The van der Waals surface area contributed by atoms with Crippen LogP contribution < -0.4 is 0 Å². The summed E-state index contributed by atoms with van der Waals surface area (Å²) >= 11 is 1.36. The lowest BCUT2D eigenvalue weighted by molar-refractivity contribution is -0.126. The van der Waals surface area contributed by atoms with E-state index in [9.17, 15) is 9.59 Å². The quantitative estimate of drug-likeness (QED) is 0.831. The first kappa shape index (κ1) is 14.6. The van der Waals surface area contributed by atoms with Crippen molar-refractivity contribution < 1.29 is 14.7 Å². The van der Waals surface area contributed by atoms with Crippen molar-refractivity contribution in [1.82, 2.24) is 4.90 Å². The molecule has 4 nitrogen and oxygen atoms in total. The van der Waals surface area contributed by atoms with Crippen LogP contribution in [0.2, 0.25) is 0 Å². The molecule has 0 bridgehead atoms. The molecule has 0 unspecified atom stereocenters. The largest absolute Gasteiger partial charge is 0.478 e. The van der Waals surface area contributed by atoms with Crippen LogP contribution in [-0.4, -0.2) is 41.2 Å². The number of thioether (sulfide) groups is 1.